The highest BCUT2D eigenvalue weighted by molar-refractivity contribution is 5.87. The molecule has 2 aliphatic rings. The van der Waals surface area contributed by atoms with E-state index in [0.717, 1.165) is 36.8 Å². The van der Waals surface area contributed by atoms with Gasteiger partial charge in [0.2, 0.25) is 0 Å². The summed E-state index contributed by atoms with van der Waals surface area (Å²) >= 11 is 0. The Kier molecular flexibility index (Phi) is 4.27. The predicted molar refractivity (Wildman–Crippen MR) is 96.6 cm³/mol. The number of hydrogen-bond acceptors (Lipinski definition) is 4. The molecule has 2 aromatic rings. The second-order valence-electron chi connectivity index (χ2n) is 7.17. The minimum absolute atomic E-state index is 0.101. The van der Waals surface area contributed by atoms with Crippen LogP contribution in [0.15, 0.2) is 60.7 Å². The fourth-order valence-electron chi connectivity index (χ4n) is 3.53. The van der Waals surface area contributed by atoms with E-state index in [9.17, 15) is 9.59 Å². The summed E-state index contributed by atoms with van der Waals surface area (Å²) < 4.78 is 10.8. The van der Waals surface area contributed by atoms with Gasteiger partial charge in [-0.15, -0.1) is 0 Å². The number of carbonyl (C=O) groups excluding carboxylic acids is 2. The van der Waals surface area contributed by atoms with Crippen LogP contribution in [0.25, 0.3) is 0 Å². The third-order valence-electron chi connectivity index (χ3n) is 5.48. The highest BCUT2D eigenvalue weighted by Gasteiger charge is 2.53. The standard InChI is InChI=1S/C22H22O4/c23-19(21(11-12-21)17-7-3-1-4-8-17)25-15-16-26-20(24)22(13-14-22)18-9-5-2-6-10-18/h1-10H,11-16H2. The van der Waals surface area contributed by atoms with Crippen LogP contribution < -0.4 is 0 Å². The first-order valence-electron chi connectivity index (χ1n) is 9.13. The highest BCUT2D eigenvalue weighted by Crippen LogP contribution is 2.50. The van der Waals surface area contributed by atoms with E-state index < -0.39 is 10.8 Å². The van der Waals surface area contributed by atoms with Gasteiger partial charge in [-0.3, -0.25) is 9.59 Å². The molecule has 4 rings (SSSR count). The molecular formula is C22H22O4. The fourth-order valence-corrected chi connectivity index (χ4v) is 3.53. The molecule has 0 heterocycles. The number of esters is 2. The maximum absolute atomic E-state index is 12.4. The molecule has 26 heavy (non-hydrogen) atoms. The van der Waals surface area contributed by atoms with Gasteiger partial charge in [0.05, 0.1) is 10.8 Å². The van der Waals surface area contributed by atoms with Gasteiger partial charge in [-0.05, 0) is 36.8 Å². The second kappa shape index (κ2) is 6.60. The molecule has 0 aliphatic heterocycles. The lowest BCUT2D eigenvalue weighted by Crippen LogP contribution is -2.27. The van der Waals surface area contributed by atoms with Crippen LogP contribution in [0.4, 0.5) is 0 Å². The zero-order valence-corrected chi connectivity index (χ0v) is 14.6. The Morgan fingerprint density at radius 1 is 0.654 bits per heavy atom. The molecule has 134 valence electrons. The van der Waals surface area contributed by atoms with Crippen molar-refractivity contribution < 1.29 is 19.1 Å². The molecule has 4 nitrogen and oxygen atoms in total. The molecular weight excluding hydrogens is 328 g/mol. The van der Waals surface area contributed by atoms with E-state index in [-0.39, 0.29) is 25.2 Å². The van der Waals surface area contributed by atoms with Crippen LogP contribution in [-0.2, 0) is 29.9 Å². The summed E-state index contributed by atoms with van der Waals surface area (Å²) in [4.78, 5) is 24.9. The SMILES string of the molecule is O=C(OCCOC(=O)C1(c2ccccc2)CC1)C1(c2ccccc2)CC1. The van der Waals surface area contributed by atoms with Crippen molar-refractivity contribution in [1.29, 1.82) is 0 Å². The van der Waals surface area contributed by atoms with Crippen molar-refractivity contribution in [3.8, 4) is 0 Å². The highest BCUT2D eigenvalue weighted by atomic mass is 16.6. The van der Waals surface area contributed by atoms with Crippen molar-refractivity contribution in [3.63, 3.8) is 0 Å². The number of carbonyl (C=O) groups is 2. The lowest BCUT2D eigenvalue weighted by Gasteiger charge is -2.17. The minimum atomic E-state index is -0.493. The van der Waals surface area contributed by atoms with Gasteiger partial charge in [0.1, 0.15) is 13.2 Å². The summed E-state index contributed by atoms with van der Waals surface area (Å²) in [7, 11) is 0. The fraction of sp³-hybridized carbons (Fsp3) is 0.364. The topological polar surface area (TPSA) is 52.6 Å². The molecule has 0 aromatic heterocycles. The molecule has 4 heteroatoms. The Hall–Kier alpha value is -2.62. The molecule has 2 aromatic carbocycles. The quantitative estimate of drug-likeness (QED) is 0.566. The summed E-state index contributed by atoms with van der Waals surface area (Å²) in [6, 6.07) is 19.5. The number of benzene rings is 2. The normalized spacial score (nSPS) is 18.6. The van der Waals surface area contributed by atoms with Crippen LogP contribution in [-0.4, -0.2) is 25.2 Å². The summed E-state index contributed by atoms with van der Waals surface area (Å²) in [6.07, 6.45) is 3.25. The van der Waals surface area contributed by atoms with Gasteiger partial charge in [-0.2, -0.15) is 0 Å². The minimum Gasteiger partial charge on any atom is -0.461 e. The smallest absolute Gasteiger partial charge is 0.316 e. The Bertz CT molecular complexity index is 720. The van der Waals surface area contributed by atoms with E-state index in [2.05, 4.69) is 0 Å². The van der Waals surface area contributed by atoms with E-state index in [1.807, 2.05) is 60.7 Å². The largest absolute Gasteiger partial charge is 0.461 e. The summed E-state index contributed by atoms with van der Waals surface area (Å²) in [5.74, 6) is -0.437. The zero-order chi connectivity index (χ0) is 18.0. The van der Waals surface area contributed by atoms with Crippen LogP contribution in [0.5, 0.6) is 0 Å². The van der Waals surface area contributed by atoms with Crippen LogP contribution in [0.3, 0.4) is 0 Å². The van der Waals surface area contributed by atoms with Crippen LogP contribution in [0.1, 0.15) is 36.8 Å². The van der Waals surface area contributed by atoms with Crippen molar-refractivity contribution in [2.24, 2.45) is 0 Å². The predicted octanol–water partition coefficient (Wildman–Crippen LogP) is 3.54. The summed E-state index contributed by atoms with van der Waals surface area (Å²) in [6.45, 7) is 0.202. The lowest BCUT2D eigenvalue weighted by atomic mass is 9.96. The first kappa shape index (κ1) is 16.8. The van der Waals surface area contributed by atoms with Crippen molar-refractivity contribution in [2.45, 2.75) is 36.5 Å². The molecule has 0 atom stereocenters. The van der Waals surface area contributed by atoms with Gasteiger partial charge in [0.25, 0.3) is 0 Å². The van der Waals surface area contributed by atoms with E-state index in [4.69, 9.17) is 9.47 Å². The molecule has 0 spiro atoms. The summed E-state index contributed by atoms with van der Waals surface area (Å²) in [5.41, 5.74) is 1.02. The van der Waals surface area contributed by atoms with Gasteiger partial charge < -0.3 is 9.47 Å². The molecule has 2 fully saturated rings. The molecule has 2 saturated carbocycles. The first-order chi connectivity index (χ1) is 12.7. The van der Waals surface area contributed by atoms with Gasteiger partial charge in [0, 0.05) is 0 Å². The van der Waals surface area contributed by atoms with Crippen molar-refractivity contribution in [2.75, 3.05) is 13.2 Å². The van der Waals surface area contributed by atoms with Gasteiger partial charge in [0.15, 0.2) is 0 Å². The van der Waals surface area contributed by atoms with Crippen molar-refractivity contribution in [1.82, 2.24) is 0 Å². The third kappa shape index (κ3) is 3.00. The molecule has 0 amide bonds. The monoisotopic (exact) mass is 350 g/mol. The van der Waals surface area contributed by atoms with Crippen molar-refractivity contribution >= 4 is 11.9 Å². The van der Waals surface area contributed by atoms with E-state index in [1.165, 1.54) is 0 Å². The van der Waals surface area contributed by atoms with Crippen molar-refractivity contribution in [3.05, 3.63) is 71.8 Å². The van der Waals surface area contributed by atoms with Crippen LogP contribution in [0.2, 0.25) is 0 Å². The number of ether oxygens (including phenoxy) is 2. The summed E-state index contributed by atoms with van der Waals surface area (Å²) in [5, 5.41) is 0. The molecule has 0 saturated heterocycles. The molecule has 0 radical (unpaired) electrons. The van der Waals surface area contributed by atoms with Gasteiger partial charge in [-0.1, -0.05) is 60.7 Å². The second-order valence-corrected chi connectivity index (χ2v) is 7.17. The zero-order valence-electron chi connectivity index (χ0n) is 14.6. The number of hydrogen-bond donors (Lipinski definition) is 0. The van der Waals surface area contributed by atoms with Gasteiger partial charge >= 0.3 is 11.9 Å². The average Bonchev–Trinajstić information content (AvgIpc) is 3.60. The van der Waals surface area contributed by atoms with Crippen LogP contribution >= 0.6 is 0 Å². The maximum Gasteiger partial charge on any atom is 0.316 e. The molecule has 0 N–H and O–H groups in total. The Balaban J connectivity index is 1.27. The Morgan fingerprint density at radius 2 is 1.00 bits per heavy atom. The van der Waals surface area contributed by atoms with E-state index in [1.54, 1.807) is 0 Å². The van der Waals surface area contributed by atoms with Crippen LogP contribution in [0, 0.1) is 0 Å². The Morgan fingerprint density at radius 3 is 1.31 bits per heavy atom. The average molecular weight is 350 g/mol. The molecule has 0 bridgehead atoms. The molecule has 0 unspecified atom stereocenters. The lowest BCUT2D eigenvalue weighted by molar-refractivity contribution is -0.155. The van der Waals surface area contributed by atoms with Gasteiger partial charge in [-0.25, -0.2) is 0 Å². The number of rotatable bonds is 7. The molecule has 2 aliphatic carbocycles. The van der Waals surface area contributed by atoms with E-state index in [0.29, 0.717) is 0 Å². The Labute approximate surface area is 153 Å². The first-order valence-corrected chi connectivity index (χ1v) is 9.13. The third-order valence-corrected chi connectivity index (χ3v) is 5.48. The van der Waals surface area contributed by atoms with E-state index >= 15 is 0 Å². The maximum atomic E-state index is 12.4.